The highest BCUT2D eigenvalue weighted by atomic mass is 32.2. The summed E-state index contributed by atoms with van der Waals surface area (Å²) in [6.07, 6.45) is -2.20. The quantitative estimate of drug-likeness (QED) is 0.377. The minimum Gasteiger partial charge on any atom is -0.455 e. The summed E-state index contributed by atoms with van der Waals surface area (Å²) in [4.78, 5) is 27.1. The van der Waals surface area contributed by atoms with Gasteiger partial charge in [-0.05, 0) is 51.1 Å². The second kappa shape index (κ2) is 9.64. The summed E-state index contributed by atoms with van der Waals surface area (Å²) in [5.41, 5.74) is 3.38. The van der Waals surface area contributed by atoms with E-state index in [2.05, 4.69) is 0 Å². The molecule has 1 aliphatic rings. The number of para-hydroxylation sites is 1. The van der Waals surface area contributed by atoms with Gasteiger partial charge in [0.05, 0.1) is 16.6 Å². The molecule has 0 unspecified atom stereocenters. The number of carbonyl (C=O) groups is 2. The number of benzene rings is 3. The summed E-state index contributed by atoms with van der Waals surface area (Å²) in [7, 11) is -4.23. The molecule has 0 spiro atoms. The molecule has 182 valence electrons. The van der Waals surface area contributed by atoms with Crippen molar-refractivity contribution in [3.8, 4) is 0 Å². The Kier molecular flexibility index (Phi) is 6.78. The Morgan fingerprint density at radius 2 is 1.43 bits per heavy atom. The molecule has 8 heteroatoms. The second-order valence-corrected chi connectivity index (χ2v) is 10.3. The van der Waals surface area contributed by atoms with Crippen LogP contribution in [0.5, 0.6) is 0 Å². The Hall–Kier alpha value is -3.49. The maximum atomic E-state index is 13.6. The Morgan fingerprint density at radius 3 is 2.03 bits per heavy atom. The first-order valence-electron chi connectivity index (χ1n) is 11.2. The van der Waals surface area contributed by atoms with Crippen molar-refractivity contribution in [1.82, 2.24) is 0 Å². The fraction of sp³-hybridized carbons (Fsp3) is 0.259. The van der Waals surface area contributed by atoms with Gasteiger partial charge >= 0.3 is 5.97 Å². The van der Waals surface area contributed by atoms with E-state index < -0.39 is 34.3 Å². The highest BCUT2D eigenvalue weighted by molar-refractivity contribution is 7.86. The van der Waals surface area contributed by atoms with Crippen molar-refractivity contribution in [1.29, 1.82) is 0 Å². The van der Waals surface area contributed by atoms with Gasteiger partial charge in [0.15, 0.2) is 6.10 Å². The number of ether oxygens (including phenoxy) is 1. The summed E-state index contributed by atoms with van der Waals surface area (Å²) in [6, 6.07) is 19.6. The maximum Gasteiger partial charge on any atom is 0.303 e. The average molecular weight is 494 g/mol. The Bertz CT molecular complexity index is 1350. The zero-order valence-corrected chi connectivity index (χ0v) is 20.8. The van der Waals surface area contributed by atoms with E-state index in [1.165, 1.54) is 24.0 Å². The highest BCUT2D eigenvalue weighted by Gasteiger charge is 2.46. The van der Waals surface area contributed by atoms with Crippen molar-refractivity contribution in [3.63, 3.8) is 0 Å². The number of nitrogens with zero attached hydrogens (tertiary/aromatic N) is 1. The van der Waals surface area contributed by atoms with Gasteiger partial charge in [0, 0.05) is 18.1 Å². The molecular weight excluding hydrogens is 466 g/mol. The molecule has 7 nitrogen and oxygen atoms in total. The molecule has 4 rings (SSSR count). The number of hydrogen-bond donors (Lipinski definition) is 0. The zero-order chi connectivity index (χ0) is 25.3. The molecule has 1 aliphatic heterocycles. The van der Waals surface area contributed by atoms with E-state index in [-0.39, 0.29) is 10.8 Å². The van der Waals surface area contributed by atoms with E-state index in [4.69, 9.17) is 8.92 Å². The van der Waals surface area contributed by atoms with Gasteiger partial charge in [-0.25, -0.2) is 0 Å². The first kappa shape index (κ1) is 24.6. The van der Waals surface area contributed by atoms with Gasteiger partial charge in [-0.15, -0.1) is 0 Å². The van der Waals surface area contributed by atoms with Crippen LogP contribution < -0.4 is 4.90 Å². The summed E-state index contributed by atoms with van der Waals surface area (Å²) in [5.74, 6) is -0.899. The van der Waals surface area contributed by atoms with Crippen LogP contribution in [-0.2, 0) is 23.8 Å². The highest BCUT2D eigenvalue weighted by Crippen LogP contribution is 2.42. The molecule has 1 heterocycles. The maximum absolute atomic E-state index is 13.6. The van der Waals surface area contributed by atoms with Crippen LogP contribution in [0.1, 0.15) is 47.0 Å². The molecule has 3 aromatic rings. The van der Waals surface area contributed by atoms with E-state index in [1.807, 2.05) is 26.0 Å². The lowest BCUT2D eigenvalue weighted by atomic mass is 9.90. The topological polar surface area (TPSA) is 90.0 Å². The van der Waals surface area contributed by atoms with Crippen molar-refractivity contribution in [2.75, 3.05) is 4.90 Å². The number of rotatable bonds is 5. The number of hydrogen-bond acceptors (Lipinski definition) is 6. The number of anilines is 1. The van der Waals surface area contributed by atoms with Gasteiger partial charge in [-0.1, -0.05) is 53.6 Å². The fourth-order valence-electron chi connectivity index (χ4n) is 4.22. The van der Waals surface area contributed by atoms with E-state index in [0.717, 1.165) is 11.1 Å². The van der Waals surface area contributed by atoms with Crippen molar-refractivity contribution >= 4 is 27.7 Å². The number of esters is 1. The van der Waals surface area contributed by atoms with E-state index >= 15 is 0 Å². The van der Waals surface area contributed by atoms with Gasteiger partial charge in [0.1, 0.15) is 6.10 Å². The molecule has 35 heavy (non-hydrogen) atoms. The number of amides is 1. The number of fused-ring (bicyclic) bond motifs is 1. The van der Waals surface area contributed by atoms with Gasteiger partial charge in [0.25, 0.3) is 16.0 Å². The predicted molar refractivity (Wildman–Crippen MR) is 132 cm³/mol. The summed E-state index contributed by atoms with van der Waals surface area (Å²) in [5, 5.41) is 0. The summed E-state index contributed by atoms with van der Waals surface area (Å²) >= 11 is 0. The molecule has 0 saturated heterocycles. The Balaban J connectivity index is 1.81. The molecule has 0 fully saturated rings. The van der Waals surface area contributed by atoms with Crippen LogP contribution in [0, 0.1) is 13.8 Å². The Morgan fingerprint density at radius 1 is 0.857 bits per heavy atom. The summed E-state index contributed by atoms with van der Waals surface area (Å²) in [6.45, 7) is 6.72. The third kappa shape index (κ3) is 4.99. The zero-order valence-electron chi connectivity index (χ0n) is 20.0. The third-order valence-corrected chi connectivity index (χ3v) is 7.37. The van der Waals surface area contributed by atoms with Crippen LogP contribution in [0.4, 0.5) is 5.69 Å². The van der Waals surface area contributed by atoms with Crippen molar-refractivity contribution in [2.45, 2.75) is 50.8 Å². The van der Waals surface area contributed by atoms with E-state index in [0.29, 0.717) is 16.8 Å². The lowest BCUT2D eigenvalue weighted by Gasteiger charge is -2.43. The van der Waals surface area contributed by atoms with Crippen molar-refractivity contribution in [3.05, 3.63) is 95.1 Å². The molecule has 3 aromatic carbocycles. The van der Waals surface area contributed by atoms with E-state index in [1.54, 1.807) is 55.5 Å². The lowest BCUT2D eigenvalue weighted by molar-refractivity contribution is -0.152. The molecule has 0 N–H and O–H groups in total. The molecule has 0 radical (unpaired) electrons. The minimum absolute atomic E-state index is 0.0212. The minimum atomic E-state index is -4.23. The molecule has 1 amide bonds. The molecule has 0 aliphatic carbocycles. The van der Waals surface area contributed by atoms with Crippen LogP contribution in [0.25, 0.3) is 0 Å². The molecule has 0 saturated carbocycles. The molecular formula is C27H27NO6S. The van der Waals surface area contributed by atoms with Gasteiger partial charge < -0.3 is 9.64 Å². The SMILES string of the molecule is CC(=O)O[C@H]1c2ccccc2N(C(=O)c2ccc(C)cc2)[C@@H](C)[C@@H]1OS(=O)(=O)c1ccc(C)cc1. The molecule has 3 atom stereocenters. The molecule has 0 aromatic heterocycles. The van der Waals surface area contributed by atoms with Crippen LogP contribution in [0.3, 0.4) is 0 Å². The third-order valence-electron chi connectivity index (χ3n) is 6.04. The number of aryl methyl sites for hydroxylation is 2. The summed E-state index contributed by atoms with van der Waals surface area (Å²) < 4.78 is 37.7. The first-order chi connectivity index (χ1) is 16.6. The largest absolute Gasteiger partial charge is 0.455 e. The van der Waals surface area contributed by atoms with Crippen LogP contribution in [-0.4, -0.2) is 32.4 Å². The van der Waals surface area contributed by atoms with Gasteiger partial charge in [0.2, 0.25) is 0 Å². The smallest absolute Gasteiger partial charge is 0.303 e. The van der Waals surface area contributed by atoms with E-state index in [9.17, 15) is 18.0 Å². The lowest BCUT2D eigenvalue weighted by Crippen LogP contribution is -2.53. The van der Waals surface area contributed by atoms with Gasteiger partial charge in [-0.3, -0.25) is 13.8 Å². The fourth-order valence-corrected chi connectivity index (χ4v) is 5.36. The first-order valence-corrected chi connectivity index (χ1v) is 12.7. The monoisotopic (exact) mass is 493 g/mol. The second-order valence-electron chi connectivity index (χ2n) is 8.70. The number of carbonyl (C=O) groups excluding carboxylic acids is 2. The van der Waals surface area contributed by atoms with Crippen LogP contribution in [0.2, 0.25) is 0 Å². The van der Waals surface area contributed by atoms with Gasteiger partial charge in [-0.2, -0.15) is 8.42 Å². The standard InChI is InChI=1S/C27H27NO6S/c1-17-9-13-21(14-10-17)27(30)28-19(3)25(34-35(31,32)22-15-11-18(2)12-16-22)26(33-20(4)29)23-7-5-6-8-24(23)28/h5-16,19,25-26H,1-4H3/t19-,25-,26-/m0/s1. The molecule has 0 bridgehead atoms. The van der Waals surface area contributed by atoms with Crippen molar-refractivity contribution < 1.29 is 26.9 Å². The average Bonchev–Trinajstić information content (AvgIpc) is 2.81. The Labute approximate surface area is 205 Å². The van der Waals surface area contributed by atoms with Crippen LogP contribution >= 0.6 is 0 Å². The predicted octanol–water partition coefficient (Wildman–Crippen LogP) is 4.73. The normalized spacial score (nSPS) is 19.7. The van der Waals surface area contributed by atoms with Crippen molar-refractivity contribution in [2.24, 2.45) is 0 Å². The van der Waals surface area contributed by atoms with Crippen LogP contribution in [0.15, 0.2) is 77.7 Å².